The number of esters is 1. The Morgan fingerprint density at radius 3 is 2.00 bits per heavy atom. The summed E-state index contributed by atoms with van der Waals surface area (Å²) in [6, 6.07) is 17.8. The van der Waals surface area contributed by atoms with Gasteiger partial charge in [-0.1, -0.05) is 11.6 Å². The Morgan fingerprint density at radius 2 is 1.43 bits per heavy atom. The molecule has 7 nitrogen and oxygen atoms in total. The fourth-order valence-electron chi connectivity index (χ4n) is 2.30. The van der Waals surface area contributed by atoms with Gasteiger partial charge in [0.1, 0.15) is 5.75 Å². The summed E-state index contributed by atoms with van der Waals surface area (Å²) >= 11 is 5.81. The van der Waals surface area contributed by atoms with Crippen LogP contribution in [0.1, 0.15) is 20.7 Å². The standard InChI is InChI=1S/C20H13ClN2O5/c21-15-5-7-16(8-6-15)22-19(24)13-3-11-18(12-4-13)28-20(25)14-1-9-17(10-2-14)23(26)27/h1-12H,(H,22,24). The summed E-state index contributed by atoms with van der Waals surface area (Å²) in [5.41, 5.74) is 1.04. The second-order valence-electron chi connectivity index (χ2n) is 5.68. The third kappa shape index (κ3) is 4.72. The molecule has 0 spiro atoms. The summed E-state index contributed by atoms with van der Waals surface area (Å²) in [6.45, 7) is 0. The summed E-state index contributed by atoms with van der Waals surface area (Å²) in [7, 11) is 0. The predicted molar refractivity (Wildman–Crippen MR) is 104 cm³/mol. The minimum atomic E-state index is -0.659. The third-order valence-electron chi connectivity index (χ3n) is 3.74. The summed E-state index contributed by atoms with van der Waals surface area (Å²) in [5.74, 6) is -0.741. The van der Waals surface area contributed by atoms with Gasteiger partial charge in [-0.05, 0) is 60.7 Å². The highest BCUT2D eigenvalue weighted by atomic mass is 35.5. The first-order chi connectivity index (χ1) is 13.4. The summed E-state index contributed by atoms with van der Waals surface area (Å²) < 4.78 is 5.21. The molecule has 0 unspecified atom stereocenters. The molecule has 3 aromatic carbocycles. The molecule has 0 aliphatic heterocycles. The molecule has 0 radical (unpaired) electrons. The van der Waals surface area contributed by atoms with Crippen molar-refractivity contribution in [2.75, 3.05) is 5.32 Å². The van der Waals surface area contributed by atoms with Crippen LogP contribution in [0.2, 0.25) is 5.02 Å². The summed E-state index contributed by atoms with van der Waals surface area (Å²) in [6.07, 6.45) is 0. The van der Waals surface area contributed by atoms with Crippen LogP contribution in [-0.4, -0.2) is 16.8 Å². The molecule has 0 aliphatic carbocycles. The Kier molecular flexibility index (Phi) is 5.67. The zero-order valence-corrected chi connectivity index (χ0v) is 15.1. The number of anilines is 1. The minimum Gasteiger partial charge on any atom is -0.423 e. The lowest BCUT2D eigenvalue weighted by Gasteiger charge is -2.07. The average Bonchev–Trinajstić information content (AvgIpc) is 2.70. The van der Waals surface area contributed by atoms with E-state index in [1.165, 1.54) is 48.5 Å². The number of amides is 1. The van der Waals surface area contributed by atoms with Gasteiger partial charge in [0, 0.05) is 28.4 Å². The Balaban J connectivity index is 1.63. The van der Waals surface area contributed by atoms with Crippen molar-refractivity contribution < 1.29 is 19.2 Å². The van der Waals surface area contributed by atoms with E-state index in [2.05, 4.69) is 5.32 Å². The smallest absolute Gasteiger partial charge is 0.343 e. The van der Waals surface area contributed by atoms with Crippen molar-refractivity contribution in [1.29, 1.82) is 0 Å². The van der Waals surface area contributed by atoms with Crippen molar-refractivity contribution in [3.63, 3.8) is 0 Å². The molecule has 1 amide bonds. The second-order valence-corrected chi connectivity index (χ2v) is 6.12. The van der Waals surface area contributed by atoms with E-state index < -0.39 is 10.9 Å². The first-order valence-corrected chi connectivity index (χ1v) is 8.44. The molecule has 140 valence electrons. The number of rotatable bonds is 5. The van der Waals surface area contributed by atoms with E-state index in [0.717, 1.165) is 0 Å². The van der Waals surface area contributed by atoms with E-state index in [1.807, 2.05) is 0 Å². The molecule has 0 saturated carbocycles. The minimum absolute atomic E-state index is 0.118. The Bertz CT molecular complexity index is 1020. The first-order valence-electron chi connectivity index (χ1n) is 8.06. The summed E-state index contributed by atoms with van der Waals surface area (Å²) in [5, 5.41) is 13.9. The maximum Gasteiger partial charge on any atom is 0.343 e. The van der Waals surface area contributed by atoms with Crippen LogP contribution < -0.4 is 10.1 Å². The Morgan fingerprint density at radius 1 is 0.857 bits per heavy atom. The molecule has 0 aromatic heterocycles. The molecule has 0 aliphatic rings. The second kappa shape index (κ2) is 8.32. The van der Waals surface area contributed by atoms with E-state index >= 15 is 0 Å². The normalized spacial score (nSPS) is 10.2. The molecular weight excluding hydrogens is 384 g/mol. The zero-order chi connectivity index (χ0) is 20.1. The third-order valence-corrected chi connectivity index (χ3v) is 3.99. The molecule has 0 bridgehead atoms. The Labute approximate surface area is 164 Å². The van der Waals surface area contributed by atoms with Gasteiger partial charge in [0.15, 0.2) is 0 Å². The number of carbonyl (C=O) groups is 2. The van der Waals surface area contributed by atoms with Gasteiger partial charge in [0.2, 0.25) is 0 Å². The highest BCUT2D eigenvalue weighted by molar-refractivity contribution is 6.30. The maximum absolute atomic E-state index is 12.2. The number of nitrogens with one attached hydrogen (secondary N) is 1. The number of non-ortho nitro benzene ring substituents is 1. The fraction of sp³-hybridized carbons (Fsp3) is 0. The van der Waals surface area contributed by atoms with Gasteiger partial charge in [-0.15, -0.1) is 0 Å². The lowest BCUT2D eigenvalue weighted by atomic mass is 10.2. The first kappa shape index (κ1) is 19.1. The highest BCUT2D eigenvalue weighted by Gasteiger charge is 2.12. The van der Waals surface area contributed by atoms with E-state index in [1.54, 1.807) is 24.3 Å². The van der Waals surface area contributed by atoms with Crippen LogP contribution in [0.5, 0.6) is 5.75 Å². The van der Waals surface area contributed by atoms with Crippen LogP contribution in [0.4, 0.5) is 11.4 Å². The van der Waals surface area contributed by atoms with Crippen LogP contribution in [0, 0.1) is 10.1 Å². The number of hydrogen-bond donors (Lipinski definition) is 1. The van der Waals surface area contributed by atoms with Crippen molar-refractivity contribution in [3.05, 3.63) is 99.1 Å². The number of benzene rings is 3. The number of hydrogen-bond acceptors (Lipinski definition) is 5. The number of nitro benzene ring substituents is 1. The van der Waals surface area contributed by atoms with Gasteiger partial charge < -0.3 is 10.1 Å². The molecule has 28 heavy (non-hydrogen) atoms. The van der Waals surface area contributed by atoms with Crippen molar-refractivity contribution >= 4 is 34.9 Å². The number of nitrogens with zero attached hydrogens (tertiary/aromatic N) is 1. The number of carbonyl (C=O) groups excluding carboxylic acids is 2. The van der Waals surface area contributed by atoms with E-state index in [9.17, 15) is 19.7 Å². The van der Waals surface area contributed by atoms with Crippen molar-refractivity contribution in [1.82, 2.24) is 0 Å². The van der Waals surface area contributed by atoms with Gasteiger partial charge in [-0.2, -0.15) is 0 Å². The lowest BCUT2D eigenvalue weighted by Crippen LogP contribution is -2.12. The number of halogens is 1. The monoisotopic (exact) mass is 396 g/mol. The lowest BCUT2D eigenvalue weighted by molar-refractivity contribution is -0.384. The van der Waals surface area contributed by atoms with Crippen LogP contribution in [0.3, 0.4) is 0 Å². The number of nitro groups is 1. The molecule has 8 heteroatoms. The van der Waals surface area contributed by atoms with Crippen LogP contribution in [0.25, 0.3) is 0 Å². The fourth-order valence-corrected chi connectivity index (χ4v) is 2.42. The number of ether oxygens (including phenoxy) is 1. The summed E-state index contributed by atoms with van der Waals surface area (Å²) in [4.78, 5) is 34.4. The van der Waals surface area contributed by atoms with E-state index in [0.29, 0.717) is 16.3 Å². The van der Waals surface area contributed by atoms with Gasteiger partial charge in [0.05, 0.1) is 10.5 Å². The van der Waals surface area contributed by atoms with E-state index in [-0.39, 0.29) is 22.9 Å². The molecule has 0 saturated heterocycles. The van der Waals surface area contributed by atoms with Crippen LogP contribution in [-0.2, 0) is 0 Å². The SMILES string of the molecule is O=C(Nc1ccc(Cl)cc1)c1ccc(OC(=O)c2ccc([N+](=O)[O-])cc2)cc1. The Hall–Kier alpha value is -3.71. The topological polar surface area (TPSA) is 98.5 Å². The highest BCUT2D eigenvalue weighted by Crippen LogP contribution is 2.18. The van der Waals surface area contributed by atoms with Gasteiger partial charge in [-0.25, -0.2) is 4.79 Å². The maximum atomic E-state index is 12.2. The zero-order valence-electron chi connectivity index (χ0n) is 14.3. The molecule has 3 rings (SSSR count). The van der Waals surface area contributed by atoms with Crippen molar-refractivity contribution in [2.45, 2.75) is 0 Å². The molecular formula is C20H13ClN2O5. The predicted octanol–water partition coefficient (Wildman–Crippen LogP) is 4.72. The largest absolute Gasteiger partial charge is 0.423 e. The molecule has 0 fully saturated rings. The van der Waals surface area contributed by atoms with Crippen LogP contribution >= 0.6 is 11.6 Å². The molecule has 0 atom stereocenters. The van der Waals surface area contributed by atoms with Gasteiger partial charge >= 0.3 is 5.97 Å². The van der Waals surface area contributed by atoms with Crippen LogP contribution in [0.15, 0.2) is 72.8 Å². The van der Waals surface area contributed by atoms with Crippen molar-refractivity contribution in [2.24, 2.45) is 0 Å². The quantitative estimate of drug-likeness (QED) is 0.291. The van der Waals surface area contributed by atoms with Gasteiger partial charge in [0.25, 0.3) is 11.6 Å². The van der Waals surface area contributed by atoms with Crippen molar-refractivity contribution in [3.8, 4) is 5.75 Å². The molecule has 1 N–H and O–H groups in total. The molecule has 0 heterocycles. The average molecular weight is 397 g/mol. The molecule has 3 aromatic rings. The van der Waals surface area contributed by atoms with Gasteiger partial charge in [-0.3, -0.25) is 14.9 Å². The van der Waals surface area contributed by atoms with E-state index in [4.69, 9.17) is 16.3 Å².